The highest BCUT2D eigenvalue weighted by atomic mass is 35.5. The smallest absolute Gasteiger partial charge is 0.260 e. The lowest BCUT2D eigenvalue weighted by molar-refractivity contribution is 0.517. The summed E-state index contributed by atoms with van der Waals surface area (Å²) in [4.78, 5) is 4.39. The molecule has 170 valence electrons. The van der Waals surface area contributed by atoms with E-state index in [0.717, 1.165) is 20.9 Å². The van der Waals surface area contributed by atoms with Crippen molar-refractivity contribution in [2.75, 3.05) is 20.6 Å². The first-order valence-corrected chi connectivity index (χ1v) is 10.7. The molecule has 11 heteroatoms. The fourth-order valence-electron chi connectivity index (χ4n) is 3.21. The SMILES string of the molecule is Cc1c(-c2cccc(S(=O)(=O)N(C)C)n2)c2cc(Cl)ccc2n1C/C(F)=C/CN.Cl.Cl. The number of aromatic nitrogens is 2. The molecule has 2 aromatic heterocycles. The molecule has 0 aliphatic carbocycles. The molecule has 0 radical (unpaired) electrons. The Morgan fingerprint density at radius 3 is 2.55 bits per heavy atom. The Morgan fingerprint density at radius 1 is 1.26 bits per heavy atom. The van der Waals surface area contributed by atoms with Gasteiger partial charge in [0.2, 0.25) is 0 Å². The molecular formula is C20H24Cl3FN4O2S. The summed E-state index contributed by atoms with van der Waals surface area (Å²) in [6, 6.07) is 10.1. The van der Waals surface area contributed by atoms with Crippen molar-refractivity contribution < 1.29 is 12.8 Å². The lowest BCUT2D eigenvalue weighted by Crippen LogP contribution is -2.23. The van der Waals surface area contributed by atoms with E-state index in [4.69, 9.17) is 17.3 Å². The molecule has 0 aliphatic rings. The van der Waals surface area contributed by atoms with Gasteiger partial charge in [-0.1, -0.05) is 17.7 Å². The maximum absolute atomic E-state index is 14.2. The molecular weight excluding hydrogens is 486 g/mol. The molecule has 0 unspecified atom stereocenters. The van der Waals surface area contributed by atoms with Gasteiger partial charge < -0.3 is 10.3 Å². The molecule has 0 bridgehead atoms. The van der Waals surface area contributed by atoms with Crippen molar-refractivity contribution >= 4 is 57.3 Å². The number of sulfonamides is 1. The second-order valence-electron chi connectivity index (χ2n) is 6.74. The van der Waals surface area contributed by atoms with Crippen LogP contribution in [-0.4, -0.2) is 42.9 Å². The molecule has 0 atom stereocenters. The van der Waals surface area contributed by atoms with Crippen LogP contribution in [0.15, 0.2) is 53.3 Å². The molecule has 3 aromatic rings. The number of pyridine rings is 1. The Hall–Kier alpha value is -1.68. The molecule has 31 heavy (non-hydrogen) atoms. The number of benzene rings is 1. The Balaban J connectivity index is 0.00000240. The van der Waals surface area contributed by atoms with E-state index < -0.39 is 10.0 Å². The van der Waals surface area contributed by atoms with Gasteiger partial charge in [0, 0.05) is 47.8 Å². The zero-order valence-corrected chi connectivity index (χ0v) is 20.4. The van der Waals surface area contributed by atoms with E-state index in [9.17, 15) is 12.8 Å². The predicted molar refractivity (Wildman–Crippen MR) is 129 cm³/mol. The van der Waals surface area contributed by atoms with Gasteiger partial charge in [-0.2, -0.15) is 0 Å². The largest absolute Gasteiger partial charge is 0.337 e. The Labute approximate surface area is 198 Å². The second kappa shape index (κ2) is 10.8. The van der Waals surface area contributed by atoms with Crippen LogP contribution in [0.5, 0.6) is 0 Å². The van der Waals surface area contributed by atoms with E-state index in [2.05, 4.69) is 4.98 Å². The third kappa shape index (κ3) is 5.39. The summed E-state index contributed by atoms with van der Waals surface area (Å²) in [6.07, 6.45) is 1.32. The van der Waals surface area contributed by atoms with Crippen molar-refractivity contribution in [3.8, 4) is 11.3 Å². The second-order valence-corrected chi connectivity index (χ2v) is 9.28. The molecule has 2 N–H and O–H groups in total. The van der Waals surface area contributed by atoms with Crippen molar-refractivity contribution in [1.82, 2.24) is 13.9 Å². The number of nitrogens with two attached hydrogens (primary N) is 1. The average Bonchev–Trinajstić information content (AvgIpc) is 2.92. The molecule has 6 nitrogen and oxygen atoms in total. The number of hydrogen-bond acceptors (Lipinski definition) is 4. The van der Waals surface area contributed by atoms with Gasteiger partial charge in [0.25, 0.3) is 10.0 Å². The highest BCUT2D eigenvalue weighted by molar-refractivity contribution is 7.89. The molecule has 0 saturated carbocycles. The van der Waals surface area contributed by atoms with Crippen molar-refractivity contribution in [2.45, 2.75) is 18.5 Å². The minimum atomic E-state index is -3.69. The minimum Gasteiger partial charge on any atom is -0.337 e. The van der Waals surface area contributed by atoms with Gasteiger partial charge in [-0.05, 0) is 43.3 Å². The number of hydrogen-bond donors (Lipinski definition) is 1. The summed E-state index contributed by atoms with van der Waals surface area (Å²) in [5.41, 5.74) is 8.11. The Bertz CT molecular complexity index is 1210. The maximum atomic E-state index is 14.2. The molecule has 0 aliphatic heterocycles. The third-order valence-corrected chi connectivity index (χ3v) is 6.61. The van der Waals surface area contributed by atoms with Crippen molar-refractivity contribution in [3.05, 3.63) is 59.0 Å². The number of halogens is 4. The average molecular weight is 510 g/mol. The fourth-order valence-corrected chi connectivity index (χ4v) is 4.22. The predicted octanol–water partition coefficient (Wildman–Crippen LogP) is 4.57. The van der Waals surface area contributed by atoms with Crippen LogP contribution in [0.3, 0.4) is 0 Å². The topological polar surface area (TPSA) is 81.2 Å². The molecule has 1 aromatic carbocycles. The van der Waals surface area contributed by atoms with Crippen LogP contribution in [0, 0.1) is 6.92 Å². The molecule has 2 heterocycles. The van der Waals surface area contributed by atoms with E-state index in [1.807, 2.05) is 13.0 Å². The summed E-state index contributed by atoms with van der Waals surface area (Å²) in [5, 5.41) is 1.23. The quantitative estimate of drug-likeness (QED) is 0.528. The zero-order chi connectivity index (χ0) is 21.3. The van der Waals surface area contributed by atoms with Crippen molar-refractivity contribution in [1.29, 1.82) is 0 Å². The van der Waals surface area contributed by atoms with Crippen LogP contribution in [0.2, 0.25) is 5.02 Å². The van der Waals surface area contributed by atoms with E-state index in [1.54, 1.807) is 28.8 Å². The number of rotatable bonds is 6. The first kappa shape index (κ1) is 27.4. The van der Waals surface area contributed by atoms with E-state index in [1.165, 1.54) is 26.2 Å². The molecule has 0 saturated heterocycles. The van der Waals surface area contributed by atoms with Crippen LogP contribution in [0.25, 0.3) is 22.2 Å². The number of allylic oxidation sites excluding steroid dienone is 1. The highest BCUT2D eigenvalue weighted by Gasteiger charge is 2.22. The Morgan fingerprint density at radius 2 is 1.94 bits per heavy atom. The fraction of sp³-hybridized carbons (Fsp3) is 0.250. The lowest BCUT2D eigenvalue weighted by Gasteiger charge is -2.12. The minimum absolute atomic E-state index is 0. The molecule has 0 fully saturated rings. The van der Waals surface area contributed by atoms with Gasteiger partial charge in [-0.3, -0.25) is 0 Å². The Kier molecular flexibility index (Phi) is 9.50. The van der Waals surface area contributed by atoms with Gasteiger partial charge in [-0.15, -0.1) is 24.8 Å². The monoisotopic (exact) mass is 508 g/mol. The van der Waals surface area contributed by atoms with E-state index in [0.29, 0.717) is 16.3 Å². The molecule has 3 rings (SSSR count). The maximum Gasteiger partial charge on any atom is 0.260 e. The first-order chi connectivity index (χ1) is 13.7. The number of fused-ring (bicyclic) bond motifs is 1. The number of nitrogens with zero attached hydrogens (tertiary/aromatic N) is 3. The third-order valence-electron chi connectivity index (χ3n) is 4.66. The molecule has 0 amide bonds. The standard InChI is InChI=1S/C20H22ClFN4O2S.2ClH/c1-13-20(17-5-4-6-19(24-17)29(27,28)25(2)3)16-11-14(21)7-8-18(16)26(13)12-15(22)9-10-23;;/h4-9,11H,10,12,23H2,1-3H3;2*1H/b15-9-;;. The van der Waals surface area contributed by atoms with Crippen LogP contribution in [0.1, 0.15) is 5.69 Å². The van der Waals surface area contributed by atoms with Crippen LogP contribution < -0.4 is 5.73 Å². The van der Waals surface area contributed by atoms with Gasteiger partial charge in [0.05, 0.1) is 12.2 Å². The van der Waals surface area contributed by atoms with Crippen molar-refractivity contribution in [2.24, 2.45) is 5.73 Å². The molecule has 0 spiro atoms. The first-order valence-electron chi connectivity index (χ1n) is 8.89. The van der Waals surface area contributed by atoms with Crippen LogP contribution >= 0.6 is 36.4 Å². The summed E-state index contributed by atoms with van der Waals surface area (Å²) >= 11 is 6.21. The zero-order valence-electron chi connectivity index (χ0n) is 17.2. The summed E-state index contributed by atoms with van der Waals surface area (Å²) < 4.78 is 42.2. The van der Waals surface area contributed by atoms with E-state index in [-0.39, 0.29) is 48.8 Å². The van der Waals surface area contributed by atoms with Crippen molar-refractivity contribution in [3.63, 3.8) is 0 Å². The van der Waals surface area contributed by atoms with Gasteiger partial charge >= 0.3 is 0 Å². The normalized spacial score (nSPS) is 12.0. The van der Waals surface area contributed by atoms with Gasteiger partial charge in [-0.25, -0.2) is 22.1 Å². The summed E-state index contributed by atoms with van der Waals surface area (Å²) in [6.45, 7) is 1.96. The van der Waals surface area contributed by atoms with Gasteiger partial charge in [0.15, 0.2) is 5.03 Å². The van der Waals surface area contributed by atoms with Gasteiger partial charge in [0.1, 0.15) is 5.83 Å². The highest BCUT2D eigenvalue weighted by Crippen LogP contribution is 2.36. The van der Waals surface area contributed by atoms with Crippen LogP contribution in [0.4, 0.5) is 4.39 Å². The van der Waals surface area contributed by atoms with E-state index >= 15 is 0 Å². The summed E-state index contributed by atoms with van der Waals surface area (Å²) in [5.74, 6) is -0.356. The summed E-state index contributed by atoms with van der Waals surface area (Å²) in [7, 11) is -0.792. The van der Waals surface area contributed by atoms with Crippen LogP contribution in [-0.2, 0) is 16.6 Å². The lowest BCUT2D eigenvalue weighted by atomic mass is 10.1.